The lowest BCUT2D eigenvalue weighted by molar-refractivity contribution is -0.137. The molecule has 0 bridgehead atoms. The van der Waals surface area contributed by atoms with Crippen molar-refractivity contribution in [3.63, 3.8) is 0 Å². The van der Waals surface area contributed by atoms with Crippen LogP contribution >= 0.6 is 0 Å². The quantitative estimate of drug-likeness (QED) is 0.601. The lowest BCUT2D eigenvalue weighted by Gasteiger charge is -2.09. The maximum absolute atomic E-state index is 11.9. The summed E-state index contributed by atoms with van der Waals surface area (Å²) in [5.41, 5.74) is 0. The Morgan fingerprint density at radius 3 is 2.75 bits per heavy atom. The van der Waals surface area contributed by atoms with Gasteiger partial charge in [-0.1, -0.05) is 0 Å². The summed E-state index contributed by atoms with van der Waals surface area (Å²) in [6, 6.07) is 0. The topological polar surface area (TPSA) is 105 Å². The lowest BCUT2D eigenvalue weighted by atomic mass is 10.3. The second kappa shape index (κ2) is 7.36. The molecule has 8 nitrogen and oxygen atoms in total. The van der Waals surface area contributed by atoms with E-state index < -0.39 is 16.0 Å². The molecule has 0 aromatic carbocycles. The van der Waals surface area contributed by atoms with E-state index in [4.69, 9.17) is 5.11 Å². The van der Waals surface area contributed by atoms with Gasteiger partial charge in [0.15, 0.2) is 0 Å². The number of carboxylic acid groups (broad SMARTS) is 1. The first-order valence-electron chi connectivity index (χ1n) is 6.20. The van der Waals surface area contributed by atoms with E-state index in [1.165, 1.54) is 6.20 Å². The zero-order chi connectivity index (χ0) is 15.2. The second-order valence-corrected chi connectivity index (χ2v) is 6.44. The third-order valence-corrected chi connectivity index (χ3v) is 3.96. The van der Waals surface area contributed by atoms with Crippen molar-refractivity contribution in [2.75, 3.05) is 27.2 Å². The monoisotopic (exact) mass is 304 g/mol. The highest BCUT2D eigenvalue weighted by Gasteiger charge is 2.16. The zero-order valence-corrected chi connectivity index (χ0v) is 12.4. The first-order chi connectivity index (χ1) is 9.31. The van der Waals surface area contributed by atoms with Crippen LogP contribution in [0.25, 0.3) is 0 Å². The fourth-order valence-corrected chi connectivity index (χ4v) is 2.58. The van der Waals surface area contributed by atoms with Crippen molar-refractivity contribution in [3.8, 4) is 0 Å². The molecule has 0 aliphatic rings. The van der Waals surface area contributed by atoms with E-state index in [-0.39, 0.29) is 11.4 Å². The molecule has 2 N–H and O–H groups in total. The maximum Gasteiger partial charge on any atom is 0.325 e. The molecule has 1 heterocycles. The normalized spacial score (nSPS) is 11.9. The van der Waals surface area contributed by atoms with Crippen molar-refractivity contribution in [3.05, 3.63) is 12.4 Å². The van der Waals surface area contributed by atoms with Gasteiger partial charge in [0.2, 0.25) is 10.0 Å². The summed E-state index contributed by atoms with van der Waals surface area (Å²) in [6.45, 7) is 0.886. The predicted octanol–water partition coefficient (Wildman–Crippen LogP) is -0.412. The molecule has 0 saturated heterocycles. The minimum absolute atomic E-state index is 0.0219. The molecular weight excluding hydrogens is 284 g/mol. The summed E-state index contributed by atoms with van der Waals surface area (Å²) < 4.78 is 27.4. The van der Waals surface area contributed by atoms with Gasteiger partial charge in [-0.3, -0.25) is 9.48 Å². The van der Waals surface area contributed by atoms with Gasteiger partial charge in [-0.25, -0.2) is 13.1 Å². The smallest absolute Gasteiger partial charge is 0.325 e. The first kappa shape index (κ1) is 16.6. The van der Waals surface area contributed by atoms with Crippen LogP contribution < -0.4 is 4.72 Å². The second-order valence-electron chi connectivity index (χ2n) is 4.68. The fourth-order valence-electron chi connectivity index (χ4n) is 1.55. The van der Waals surface area contributed by atoms with Gasteiger partial charge in [-0.15, -0.1) is 0 Å². The van der Waals surface area contributed by atoms with Crippen LogP contribution in [0.4, 0.5) is 0 Å². The Morgan fingerprint density at radius 1 is 1.45 bits per heavy atom. The molecule has 0 aliphatic heterocycles. The van der Waals surface area contributed by atoms with Gasteiger partial charge >= 0.3 is 5.97 Å². The van der Waals surface area contributed by atoms with Gasteiger partial charge in [0.05, 0.1) is 6.20 Å². The Kier molecular flexibility index (Phi) is 6.11. The summed E-state index contributed by atoms with van der Waals surface area (Å²) >= 11 is 0. The molecule has 0 unspecified atom stereocenters. The van der Waals surface area contributed by atoms with Crippen LogP contribution in [-0.4, -0.2) is 61.4 Å². The minimum atomic E-state index is -3.62. The summed E-state index contributed by atoms with van der Waals surface area (Å²) in [6.07, 6.45) is 3.98. The molecule has 114 valence electrons. The van der Waals surface area contributed by atoms with Crippen LogP contribution in [0.2, 0.25) is 0 Å². The molecule has 0 spiro atoms. The van der Waals surface area contributed by atoms with Crippen LogP contribution in [-0.2, 0) is 21.4 Å². The standard InChI is InChI=1S/C11H20N4O4S/c1-14(2)6-4-3-5-13-20(18,19)10-7-12-15(8-10)9-11(16)17/h7-8,13H,3-6,9H2,1-2H3,(H,16,17). The van der Waals surface area contributed by atoms with Crippen LogP contribution in [0.15, 0.2) is 17.3 Å². The summed E-state index contributed by atoms with van der Waals surface area (Å²) in [7, 11) is 0.303. The van der Waals surface area contributed by atoms with Gasteiger partial charge in [0.25, 0.3) is 0 Å². The number of unbranched alkanes of at least 4 members (excludes halogenated alkanes) is 1. The van der Waals surface area contributed by atoms with Crippen molar-refractivity contribution < 1.29 is 18.3 Å². The Bertz CT molecular complexity index is 538. The Balaban J connectivity index is 2.47. The molecule has 9 heteroatoms. The van der Waals surface area contributed by atoms with Crippen LogP contribution in [0.1, 0.15) is 12.8 Å². The van der Waals surface area contributed by atoms with E-state index in [1.54, 1.807) is 0 Å². The number of hydrogen-bond donors (Lipinski definition) is 2. The molecule has 0 fully saturated rings. The van der Waals surface area contributed by atoms with Crippen LogP contribution in [0, 0.1) is 0 Å². The Morgan fingerprint density at radius 2 is 2.15 bits per heavy atom. The van der Waals surface area contributed by atoms with Crippen LogP contribution in [0.3, 0.4) is 0 Å². The third kappa shape index (κ3) is 5.68. The highest BCUT2D eigenvalue weighted by atomic mass is 32.2. The van der Waals surface area contributed by atoms with E-state index in [2.05, 4.69) is 9.82 Å². The van der Waals surface area contributed by atoms with Gasteiger partial charge in [-0.05, 0) is 33.5 Å². The number of rotatable bonds is 9. The maximum atomic E-state index is 11.9. The number of hydrogen-bond acceptors (Lipinski definition) is 5. The van der Waals surface area contributed by atoms with Gasteiger partial charge in [0.1, 0.15) is 11.4 Å². The van der Waals surface area contributed by atoms with E-state index in [0.29, 0.717) is 6.54 Å². The van der Waals surface area contributed by atoms with Gasteiger partial charge in [0, 0.05) is 12.7 Å². The van der Waals surface area contributed by atoms with E-state index >= 15 is 0 Å². The number of carboxylic acids is 1. The number of nitrogens with one attached hydrogen (secondary N) is 1. The number of aliphatic carboxylic acids is 1. The van der Waals surface area contributed by atoms with Crippen molar-refractivity contribution in [1.82, 2.24) is 19.4 Å². The van der Waals surface area contributed by atoms with Gasteiger partial charge in [-0.2, -0.15) is 5.10 Å². The fraction of sp³-hybridized carbons (Fsp3) is 0.636. The highest BCUT2D eigenvalue weighted by molar-refractivity contribution is 7.89. The number of sulfonamides is 1. The van der Waals surface area contributed by atoms with Crippen molar-refractivity contribution in [2.24, 2.45) is 0 Å². The summed E-state index contributed by atoms with van der Waals surface area (Å²) in [4.78, 5) is 12.5. The molecule has 0 radical (unpaired) electrons. The average Bonchev–Trinajstić information content (AvgIpc) is 2.76. The van der Waals surface area contributed by atoms with E-state index in [9.17, 15) is 13.2 Å². The van der Waals surface area contributed by atoms with E-state index in [0.717, 1.165) is 30.3 Å². The molecule has 20 heavy (non-hydrogen) atoms. The Labute approximate surface area is 118 Å². The Hall–Kier alpha value is -1.45. The van der Waals surface area contributed by atoms with Gasteiger partial charge < -0.3 is 10.0 Å². The minimum Gasteiger partial charge on any atom is -0.480 e. The highest BCUT2D eigenvalue weighted by Crippen LogP contribution is 2.07. The molecule has 1 aromatic heterocycles. The molecule has 0 amide bonds. The lowest BCUT2D eigenvalue weighted by Crippen LogP contribution is -2.25. The molecule has 0 saturated carbocycles. The van der Waals surface area contributed by atoms with Crippen molar-refractivity contribution in [1.29, 1.82) is 0 Å². The molecule has 1 rings (SSSR count). The molecule has 1 aromatic rings. The average molecular weight is 304 g/mol. The predicted molar refractivity (Wildman–Crippen MR) is 72.8 cm³/mol. The third-order valence-electron chi connectivity index (χ3n) is 2.54. The first-order valence-corrected chi connectivity index (χ1v) is 7.68. The number of nitrogens with zero attached hydrogens (tertiary/aromatic N) is 3. The summed E-state index contributed by atoms with van der Waals surface area (Å²) in [5, 5.41) is 12.3. The molecule has 0 atom stereocenters. The zero-order valence-electron chi connectivity index (χ0n) is 11.6. The van der Waals surface area contributed by atoms with Crippen molar-refractivity contribution in [2.45, 2.75) is 24.3 Å². The molecular formula is C11H20N4O4S. The van der Waals surface area contributed by atoms with E-state index in [1.807, 2.05) is 19.0 Å². The van der Waals surface area contributed by atoms with Crippen LogP contribution in [0.5, 0.6) is 0 Å². The largest absolute Gasteiger partial charge is 0.480 e. The number of aromatic nitrogens is 2. The SMILES string of the molecule is CN(C)CCCCNS(=O)(=O)c1cnn(CC(=O)O)c1. The number of carbonyl (C=O) groups is 1. The summed E-state index contributed by atoms with van der Waals surface area (Å²) in [5.74, 6) is -1.08. The van der Waals surface area contributed by atoms with Crippen molar-refractivity contribution >= 4 is 16.0 Å². The molecule has 0 aliphatic carbocycles.